The molecule has 7 heteroatoms. The second-order valence-corrected chi connectivity index (χ2v) is 5.93. The van der Waals surface area contributed by atoms with Crippen LogP contribution in [0.15, 0.2) is 46.4 Å². The van der Waals surface area contributed by atoms with Crippen LogP contribution in [-0.4, -0.2) is 18.1 Å². The number of carbonyl (C=O) groups excluding carboxylic acids is 1. The lowest BCUT2D eigenvalue weighted by molar-refractivity contribution is 0.0595. The predicted molar refractivity (Wildman–Crippen MR) is 86.9 cm³/mol. The fourth-order valence-corrected chi connectivity index (χ4v) is 2.75. The molecule has 0 saturated carbocycles. The van der Waals surface area contributed by atoms with E-state index in [1.807, 2.05) is 17.5 Å². The van der Waals surface area contributed by atoms with Gasteiger partial charge in [0.05, 0.1) is 12.0 Å². The van der Waals surface area contributed by atoms with E-state index in [1.165, 1.54) is 24.7 Å². The van der Waals surface area contributed by atoms with Crippen LogP contribution in [0.1, 0.15) is 16.1 Å². The molecule has 0 aliphatic heterocycles. The second kappa shape index (κ2) is 6.85. The topological polar surface area (TPSA) is 61.6 Å². The maximum Gasteiger partial charge on any atom is 0.341 e. The SMILES string of the molecule is COC(=O)c1ccc(Cl)cc1OCc1coc(-c2cccs2)n1. The maximum atomic E-state index is 11.7. The van der Waals surface area contributed by atoms with E-state index in [4.69, 9.17) is 25.5 Å². The summed E-state index contributed by atoms with van der Waals surface area (Å²) in [6, 6.07) is 8.57. The summed E-state index contributed by atoms with van der Waals surface area (Å²) in [6.07, 6.45) is 1.53. The lowest BCUT2D eigenvalue weighted by Gasteiger charge is -2.09. The van der Waals surface area contributed by atoms with E-state index < -0.39 is 5.97 Å². The fourth-order valence-electron chi connectivity index (χ4n) is 1.93. The van der Waals surface area contributed by atoms with Crippen molar-refractivity contribution in [3.05, 3.63) is 58.3 Å². The number of hydrogen-bond donors (Lipinski definition) is 0. The highest BCUT2D eigenvalue weighted by molar-refractivity contribution is 7.13. The minimum atomic E-state index is -0.490. The molecule has 3 rings (SSSR count). The van der Waals surface area contributed by atoms with E-state index in [-0.39, 0.29) is 6.61 Å². The van der Waals surface area contributed by atoms with E-state index in [2.05, 4.69) is 4.98 Å². The van der Waals surface area contributed by atoms with E-state index >= 15 is 0 Å². The smallest absolute Gasteiger partial charge is 0.341 e. The molecule has 0 spiro atoms. The van der Waals surface area contributed by atoms with E-state index in [0.29, 0.717) is 27.9 Å². The van der Waals surface area contributed by atoms with Crippen LogP contribution >= 0.6 is 22.9 Å². The van der Waals surface area contributed by atoms with Gasteiger partial charge in [0, 0.05) is 5.02 Å². The number of ether oxygens (including phenoxy) is 2. The Kier molecular flexibility index (Phi) is 4.64. The fraction of sp³-hybridized carbons (Fsp3) is 0.125. The normalized spacial score (nSPS) is 10.5. The molecule has 0 atom stereocenters. The standard InChI is InChI=1S/C16H12ClNO4S/c1-20-16(19)12-5-4-10(17)7-13(12)21-8-11-9-22-15(18-11)14-3-2-6-23-14/h2-7,9H,8H2,1H3. The molecule has 0 aliphatic rings. The van der Waals surface area contributed by atoms with Gasteiger partial charge in [-0.25, -0.2) is 9.78 Å². The van der Waals surface area contributed by atoms with Crippen molar-refractivity contribution in [2.75, 3.05) is 7.11 Å². The van der Waals surface area contributed by atoms with Crippen LogP contribution in [0.3, 0.4) is 0 Å². The van der Waals surface area contributed by atoms with Gasteiger partial charge in [0.2, 0.25) is 5.89 Å². The molecule has 1 aromatic carbocycles. The number of aromatic nitrogens is 1. The van der Waals surface area contributed by atoms with Crippen molar-refractivity contribution < 1.29 is 18.7 Å². The molecular formula is C16H12ClNO4S. The Morgan fingerprint density at radius 2 is 2.26 bits per heavy atom. The molecule has 0 fully saturated rings. The van der Waals surface area contributed by atoms with Gasteiger partial charge in [-0.2, -0.15) is 0 Å². The lowest BCUT2D eigenvalue weighted by atomic mass is 10.2. The first kappa shape index (κ1) is 15.6. The zero-order valence-corrected chi connectivity index (χ0v) is 13.7. The molecule has 5 nitrogen and oxygen atoms in total. The van der Waals surface area contributed by atoms with Gasteiger partial charge in [-0.3, -0.25) is 0 Å². The molecule has 0 saturated heterocycles. The van der Waals surface area contributed by atoms with E-state index in [0.717, 1.165) is 4.88 Å². The third-order valence-corrected chi connectivity index (χ3v) is 4.10. The molecule has 118 valence electrons. The van der Waals surface area contributed by atoms with Crippen LogP contribution in [0.4, 0.5) is 0 Å². The van der Waals surface area contributed by atoms with Crippen LogP contribution in [-0.2, 0) is 11.3 Å². The van der Waals surface area contributed by atoms with Crippen molar-refractivity contribution in [2.45, 2.75) is 6.61 Å². The maximum absolute atomic E-state index is 11.7. The Morgan fingerprint density at radius 1 is 1.39 bits per heavy atom. The Morgan fingerprint density at radius 3 is 3.00 bits per heavy atom. The van der Waals surface area contributed by atoms with Gasteiger partial charge in [-0.15, -0.1) is 11.3 Å². The highest BCUT2D eigenvalue weighted by Crippen LogP contribution is 2.26. The number of halogens is 1. The molecule has 3 aromatic rings. The van der Waals surface area contributed by atoms with Gasteiger partial charge in [-0.05, 0) is 29.6 Å². The number of rotatable bonds is 5. The van der Waals surface area contributed by atoms with Crippen LogP contribution in [0.2, 0.25) is 5.02 Å². The summed E-state index contributed by atoms with van der Waals surface area (Å²) in [6.45, 7) is 0.152. The van der Waals surface area contributed by atoms with Crippen molar-refractivity contribution in [1.82, 2.24) is 4.98 Å². The number of thiophene rings is 1. The first-order valence-electron chi connectivity index (χ1n) is 6.66. The summed E-state index contributed by atoms with van der Waals surface area (Å²) in [7, 11) is 1.31. The average Bonchev–Trinajstić information content (AvgIpc) is 3.23. The largest absolute Gasteiger partial charge is 0.486 e. The second-order valence-electron chi connectivity index (χ2n) is 4.54. The minimum absolute atomic E-state index is 0.152. The highest BCUT2D eigenvalue weighted by atomic mass is 35.5. The van der Waals surface area contributed by atoms with E-state index in [9.17, 15) is 4.79 Å². The first-order chi connectivity index (χ1) is 11.2. The van der Waals surface area contributed by atoms with Crippen LogP contribution < -0.4 is 4.74 Å². The predicted octanol–water partition coefficient (Wildman–Crippen LogP) is 4.42. The quantitative estimate of drug-likeness (QED) is 0.638. The zero-order valence-electron chi connectivity index (χ0n) is 12.1. The van der Waals surface area contributed by atoms with E-state index in [1.54, 1.807) is 18.2 Å². The summed E-state index contributed by atoms with van der Waals surface area (Å²) in [4.78, 5) is 17.0. The molecule has 0 unspecified atom stereocenters. The minimum Gasteiger partial charge on any atom is -0.486 e. The number of benzene rings is 1. The van der Waals surface area contributed by atoms with Gasteiger partial charge in [0.25, 0.3) is 0 Å². The highest BCUT2D eigenvalue weighted by Gasteiger charge is 2.15. The summed E-state index contributed by atoms with van der Waals surface area (Å²) in [5, 5.41) is 2.41. The van der Waals surface area contributed by atoms with Gasteiger partial charge >= 0.3 is 5.97 Å². The molecule has 2 heterocycles. The summed E-state index contributed by atoms with van der Waals surface area (Å²) in [5.41, 5.74) is 0.920. The van der Waals surface area contributed by atoms with Crippen molar-refractivity contribution in [2.24, 2.45) is 0 Å². The van der Waals surface area contributed by atoms with Crippen molar-refractivity contribution >= 4 is 28.9 Å². The van der Waals surface area contributed by atoms with Crippen LogP contribution in [0.25, 0.3) is 10.8 Å². The molecule has 2 aromatic heterocycles. The van der Waals surface area contributed by atoms with Crippen LogP contribution in [0, 0.1) is 0 Å². The van der Waals surface area contributed by atoms with Crippen LogP contribution in [0.5, 0.6) is 5.75 Å². The Balaban J connectivity index is 1.76. The van der Waals surface area contributed by atoms with Gasteiger partial charge in [0.1, 0.15) is 29.9 Å². The summed E-state index contributed by atoms with van der Waals surface area (Å²) >= 11 is 7.49. The summed E-state index contributed by atoms with van der Waals surface area (Å²) in [5.74, 6) is 0.388. The Hall–Kier alpha value is -2.31. The number of esters is 1. The van der Waals surface area contributed by atoms with Crippen molar-refractivity contribution in [1.29, 1.82) is 0 Å². The number of hydrogen-bond acceptors (Lipinski definition) is 6. The molecular weight excluding hydrogens is 338 g/mol. The Labute approximate surface area is 141 Å². The van der Waals surface area contributed by atoms with Crippen molar-refractivity contribution in [3.8, 4) is 16.5 Å². The molecule has 0 aliphatic carbocycles. The monoisotopic (exact) mass is 349 g/mol. The molecule has 23 heavy (non-hydrogen) atoms. The molecule has 0 radical (unpaired) electrons. The number of methoxy groups -OCH3 is 1. The third-order valence-electron chi connectivity index (χ3n) is 3.01. The average molecular weight is 350 g/mol. The molecule has 0 bridgehead atoms. The lowest BCUT2D eigenvalue weighted by Crippen LogP contribution is -2.06. The van der Waals surface area contributed by atoms with Gasteiger partial charge in [0.15, 0.2) is 0 Å². The number of oxazole rings is 1. The third kappa shape index (κ3) is 3.55. The number of carbonyl (C=O) groups is 1. The summed E-state index contributed by atoms with van der Waals surface area (Å²) < 4.78 is 15.8. The van der Waals surface area contributed by atoms with Gasteiger partial charge in [-0.1, -0.05) is 17.7 Å². The molecule has 0 N–H and O–H groups in total. The zero-order chi connectivity index (χ0) is 16.2. The van der Waals surface area contributed by atoms with Gasteiger partial charge < -0.3 is 13.9 Å². The molecule has 0 amide bonds. The Bertz CT molecular complexity index is 813. The van der Waals surface area contributed by atoms with Crippen molar-refractivity contribution in [3.63, 3.8) is 0 Å². The number of nitrogens with zero attached hydrogens (tertiary/aromatic N) is 1. The first-order valence-corrected chi connectivity index (χ1v) is 7.92.